The number of aromatic nitrogens is 1. The van der Waals surface area contributed by atoms with E-state index in [0.29, 0.717) is 0 Å². The van der Waals surface area contributed by atoms with Crippen molar-refractivity contribution in [2.45, 2.75) is 0 Å². The number of benzene rings is 5. The van der Waals surface area contributed by atoms with Gasteiger partial charge in [-0.1, -0.05) is 54.6 Å². The van der Waals surface area contributed by atoms with E-state index >= 15 is 0 Å². The Morgan fingerprint density at radius 1 is 0.559 bits per heavy atom. The first kappa shape index (κ1) is 17.1. The fourth-order valence-corrected chi connectivity index (χ4v) is 6.35. The number of ether oxygens (including phenoxy) is 2. The van der Waals surface area contributed by atoms with Gasteiger partial charge in [0, 0.05) is 27.5 Å². The van der Waals surface area contributed by atoms with Crippen LogP contribution in [0.15, 0.2) is 97.1 Å². The van der Waals surface area contributed by atoms with Gasteiger partial charge in [0.05, 0.1) is 11.0 Å². The maximum absolute atomic E-state index is 6.73. The van der Waals surface area contributed by atoms with E-state index in [1.165, 1.54) is 38.4 Å². The number of nitrogens with zero attached hydrogens (tertiary/aromatic N) is 1. The van der Waals surface area contributed by atoms with E-state index in [-0.39, 0.29) is 6.71 Å². The first-order valence-electron chi connectivity index (χ1n) is 11.7. The first-order chi connectivity index (χ1) is 16.9. The van der Waals surface area contributed by atoms with E-state index in [1.54, 1.807) is 0 Å². The minimum Gasteiger partial charge on any atom is -0.458 e. The molecule has 0 fully saturated rings. The zero-order valence-electron chi connectivity index (χ0n) is 18.1. The molecule has 3 aliphatic heterocycles. The molecular formula is C30H16BNO2. The standard InChI is InChI=1S/C30H16BNO2/c1-2-7-17(8-3-1)18-13-15-22-26-30(18)34-24-12-6-11-23-27(24)31(26)28-25(33-23)16-14-20-19-9-4-5-10-21(19)32(22)29(20)28/h1-16H. The predicted octanol–water partition coefficient (Wildman–Crippen LogP) is 5.49. The summed E-state index contributed by atoms with van der Waals surface area (Å²) in [5, 5.41) is 2.53. The zero-order chi connectivity index (χ0) is 22.0. The van der Waals surface area contributed by atoms with E-state index in [9.17, 15) is 0 Å². The molecular weight excluding hydrogens is 417 g/mol. The smallest absolute Gasteiger partial charge is 0.266 e. The van der Waals surface area contributed by atoms with Gasteiger partial charge in [-0.15, -0.1) is 0 Å². The number of para-hydroxylation sites is 1. The molecule has 0 N–H and O–H groups in total. The second kappa shape index (κ2) is 5.73. The second-order valence-corrected chi connectivity index (χ2v) is 9.27. The lowest BCUT2D eigenvalue weighted by atomic mass is 9.33. The molecule has 156 valence electrons. The van der Waals surface area contributed by atoms with Crippen LogP contribution in [0.2, 0.25) is 0 Å². The molecule has 6 aromatic rings. The lowest BCUT2D eigenvalue weighted by Crippen LogP contribution is -2.60. The molecule has 0 saturated carbocycles. The van der Waals surface area contributed by atoms with Gasteiger partial charge in [0.15, 0.2) is 0 Å². The van der Waals surface area contributed by atoms with Crippen molar-refractivity contribution in [1.29, 1.82) is 0 Å². The highest BCUT2D eigenvalue weighted by Crippen LogP contribution is 2.45. The van der Waals surface area contributed by atoms with Crippen LogP contribution in [-0.4, -0.2) is 11.3 Å². The average molecular weight is 433 g/mol. The molecule has 0 unspecified atom stereocenters. The van der Waals surface area contributed by atoms with Gasteiger partial charge >= 0.3 is 0 Å². The van der Waals surface area contributed by atoms with E-state index in [0.717, 1.165) is 39.6 Å². The predicted molar refractivity (Wildman–Crippen MR) is 137 cm³/mol. The molecule has 5 aromatic carbocycles. The van der Waals surface area contributed by atoms with Crippen LogP contribution in [0, 0.1) is 0 Å². The van der Waals surface area contributed by atoms with Crippen LogP contribution < -0.4 is 25.9 Å². The Labute approximate surface area is 195 Å². The molecule has 0 bridgehead atoms. The fourth-order valence-electron chi connectivity index (χ4n) is 6.35. The van der Waals surface area contributed by atoms with Crippen molar-refractivity contribution in [3.63, 3.8) is 0 Å². The Morgan fingerprint density at radius 3 is 2.26 bits per heavy atom. The summed E-state index contributed by atoms with van der Waals surface area (Å²) in [5.41, 5.74) is 9.55. The van der Waals surface area contributed by atoms with Crippen molar-refractivity contribution in [2.24, 2.45) is 0 Å². The highest BCUT2D eigenvalue weighted by atomic mass is 16.5. The highest BCUT2D eigenvalue weighted by Gasteiger charge is 2.46. The SMILES string of the molecule is c1ccc(-c2ccc3c4c2Oc2cccc5c2B4c2c(ccc4c6ccccc6n-3c24)O5)cc1. The van der Waals surface area contributed by atoms with Gasteiger partial charge in [-0.25, -0.2) is 0 Å². The lowest BCUT2D eigenvalue weighted by molar-refractivity contribution is 0.465. The van der Waals surface area contributed by atoms with E-state index in [4.69, 9.17) is 9.47 Å². The molecule has 0 amide bonds. The largest absolute Gasteiger partial charge is 0.458 e. The fraction of sp³-hybridized carbons (Fsp3) is 0. The van der Waals surface area contributed by atoms with E-state index < -0.39 is 0 Å². The van der Waals surface area contributed by atoms with Gasteiger partial charge in [-0.3, -0.25) is 0 Å². The molecule has 4 heteroatoms. The summed E-state index contributed by atoms with van der Waals surface area (Å²) < 4.78 is 15.6. The Hall–Kier alpha value is -4.44. The third-order valence-corrected chi connectivity index (χ3v) is 7.66. The van der Waals surface area contributed by atoms with Gasteiger partial charge < -0.3 is 14.0 Å². The minimum absolute atomic E-state index is 0.0814. The molecule has 3 aliphatic rings. The summed E-state index contributed by atoms with van der Waals surface area (Å²) in [7, 11) is 0. The van der Waals surface area contributed by atoms with Gasteiger partial charge in [-0.2, -0.15) is 0 Å². The third kappa shape index (κ3) is 1.85. The Balaban J connectivity index is 1.52. The second-order valence-electron chi connectivity index (χ2n) is 9.27. The summed E-state index contributed by atoms with van der Waals surface area (Å²) in [6, 6.07) is 34.2. The number of hydrogen-bond acceptors (Lipinski definition) is 2. The molecule has 0 radical (unpaired) electrons. The van der Waals surface area contributed by atoms with Crippen LogP contribution in [0.5, 0.6) is 23.0 Å². The molecule has 0 spiro atoms. The third-order valence-electron chi connectivity index (χ3n) is 7.66. The topological polar surface area (TPSA) is 23.4 Å². The quantitative estimate of drug-likeness (QED) is 0.320. The maximum atomic E-state index is 6.73. The van der Waals surface area contributed by atoms with Crippen molar-refractivity contribution in [3.05, 3.63) is 97.1 Å². The Morgan fingerprint density at radius 2 is 1.35 bits per heavy atom. The molecule has 4 heterocycles. The van der Waals surface area contributed by atoms with E-state index in [2.05, 4.69) is 95.6 Å². The summed E-state index contributed by atoms with van der Waals surface area (Å²) in [5.74, 6) is 3.67. The van der Waals surface area contributed by atoms with Crippen molar-refractivity contribution >= 4 is 44.9 Å². The summed E-state index contributed by atoms with van der Waals surface area (Å²) in [4.78, 5) is 0. The van der Waals surface area contributed by atoms with Gasteiger partial charge in [-0.05, 0) is 59.0 Å². The highest BCUT2D eigenvalue weighted by molar-refractivity contribution is 7.00. The summed E-state index contributed by atoms with van der Waals surface area (Å²) in [6.45, 7) is 0.0814. The van der Waals surface area contributed by atoms with E-state index in [1.807, 2.05) is 6.07 Å². The molecule has 0 saturated heterocycles. The van der Waals surface area contributed by atoms with Crippen LogP contribution in [-0.2, 0) is 0 Å². The number of fused-ring (bicyclic) bond motifs is 4. The van der Waals surface area contributed by atoms with Crippen molar-refractivity contribution in [2.75, 3.05) is 0 Å². The van der Waals surface area contributed by atoms with Crippen LogP contribution in [0.4, 0.5) is 0 Å². The molecule has 34 heavy (non-hydrogen) atoms. The summed E-state index contributed by atoms with van der Waals surface area (Å²) in [6.07, 6.45) is 0. The number of hydrogen-bond donors (Lipinski definition) is 0. The first-order valence-corrected chi connectivity index (χ1v) is 11.7. The van der Waals surface area contributed by atoms with Gasteiger partial charge in [0.25, 0.3) is 6.71 Å². The average Bonchev–Trinajstić information content (AvgIpc) is 3.23. The molecule has 0 atom stereocenters. The molecule has 3 nitrogen and oxygen atoms in total. The van der Waals surface area contributed by atoms with Crippen molar-refractivity contribution in [3.8, 4) is 39.8 Å². The molecule has 1 aromatic heterocycles. The number of rotatable bonds is 1. The monoisotopic (exact) mass is 433 g/mol. The van der Waals surface area contributed by atoms with Crippen LogP contribution in [0.3, 0.4) is 0 Å². The van der Waals surface area contributed by atoms with Gasteiger partial charge in [0.1, 0.15) is 23.0 Å². The van der Waals surface area contributed by atoms with Gasteiger partial charge in [0.2, 0.25) is 0 Å². The maximum Gasteiger partial charge on any atom is 0.266 e. The van der Waals surface area contributed by atoms with Crippen LogP contribution in [0.25, 0.3) is 38.6 Å². The van der Waals surface area contributed by atoms with Crippen LogP contribution in [0.1, 0.15) is 0 Å². The Bertz CT molecular complexity index is 1870. The summed E-state index contributed by atoms with van der Waals surface area (Å²) >= 11 is 0. The normalized spacial score (nSPS) is 13.7. The Kier molecular flexibility index (Phi) is 2.88. The van der Waals surface area contributed by atoms with Crippen molar-refractivity contribution in [1.82, 2.24) is 4.57 Å². The van der Waals surface area contributed by atoms with Crippen molar-refractivity contribution < 1.29 is 9.47 Å². The lowest BCUT2D eigenvalue weighted by Gasteiger charge is -2.38. The van der Waals surface area contributed by atoms with Crippen LogP contribution >= 0.6 is 0 Å². The minimum atomic E-state index is 0.0814. The molecule has 9 rings (SSSR count). The molecule has 0 aliphatic carbocycles. The zero-order valence-corrected chi connectivity index (χ0v) is 18.1.